The van der Waals surface area contributed by atoms with E-state index in [-0.39, 0.29) is 6.61 Å². The lowest BCUT2D eigenvalue weighted by Gasteiger charge is -2.04. The first-order valence-corrected chi connectivity index (χ1v) is 5.52. The average molecular weight is 217 g/mol. The number of hydrogen-bond donors (Lipinski definition) is 2. The molecule has 1 aromatic rings. The highest BCUT2D eigenvalue weighted by Gasteiger charge is 2.04. The third kappa shape index (κ3) is 4.11. The SMILES string of the molecule is Nc1cccc(OCCS(=O)(=O)O)c1. The Morgan fingerprint density at radius 1 is 1.43 bits per heavy atom. The van der Waals surface area contributed by atoms with E-state index in [1.165, 1.54) is 0 Å². The summed E-state index contributed by atoms with van der Waals surface area (Å²) in [7, 11) is -3.96. The topological polar surface area (TPSA) is 89.6 Å². The number of anilines is 1. The quantitative estimate of drug-likeness (QED) is 0.567. The highest BCUT2D eigenvalue weighted by atomic mass is 32.2. The van der Waals surface area contributed by atoms with Crippen LogP contribution in [0.2, 0.25) is 0 Å². The molecule has 6 heteroatoms. The van der Waals surface area contributed by atoms with Gasteiger partial charge in [0.15, 0.2) is 0 Å². The van der Waals surface area contributed by atoms with E-state index in [1.54, 1.807) is 24.3 Å². The van der Waals surface area contributed by atoms with Crippen LogP contribution in [-0.4, -0.2) is 25.3 Å². The van der Waals surface area contributed by atoms with Gasteiger partial charge in [-0.15, -0.1) is 0 Å². The molecule has 0 fully saturated rings. The van der Waals surface area contributed by atoms with Crippen LogP contribution in [0.5, 0.6) is 5.75 Å². The lowest BCUT2D eigenvalue weighted by Crippen LogP contribution is -2.12. The smallest absolute Gasteiger partial charge is 0.268 e. The Hall–Kier alpha value is -1.27. The number of nitrogen functional groups attached to an aromatic ring is 1. The van der Waals surface area contributed by atoms with Gasteiger partial charge in [-0.25, -0.2) is 0 Å². The molecule has 78 valence electrons. The molecule has 0 aliphatic heterocycles. The molecule has 0 spiro atoms. The van der Waals surface area contributed by atoms with Gasteiger partial charge in [0.25, 0.3) is 10.1 Å². The molecule has 0 aromatic heterocycles. The van der Waals surface area contributed by atoms with Crippen molar-refractivity contribution in [3.05, 3.63) is 24.3 Å². The highest BCUT2D eigenvalue weighted by Crippen LogP contribution is 2.14. The molecule has 3 N–H and O–H groups in total. The maximum atomic E-state index is 10.3. The number of hydrogen-bond acceptors (Lipinski definition) is 4. The molecule has 0 heterocycles. The van der Waals surface area contributed by atoms with Crippen LogP contribution in [0.1, 0.15) is 0 Å². The molecule has 0 aliphatic carbocycles. The average Bonchev–Trinajstić information content (AvgIpc) is 2.01. The number of benzene rings is 1. The zero-order valence-electron chi connectivity index (χ0n) is 7.38. The molecule has 0 saturated heterocycles. The van der Waals surface area contributed by atoms with Crippen molar-refractivity contribution in [2.75, 3.05) is 18.1 Å². The van der Waals surface area contributed by atoms with E-state index >= 15 is 0 Å². The van der Waals surface area contributed by atoms with Crippen LogP contribution in [-0.2, 0) is 10.1 Å². The fourth-order valence-electron chi connectivity index (χ4n) is 0.869. The highest BCUT2D eigenvalue weighted by molar-refractivity contribution is 7.85. The maximum Gasteiger partial charge on any atom is 0.268 e. The van der Waals surface area contributed by atoms with Crippen LogP contribution in [0.4, 0.5) is 5.69 Å². The lowest BCUT2D eigenvalue weighted by molar-refractivity contribution is 0.336. The van der Waals surface area contributed by atoms with Crippen molar-refractivity contribution in [2.24, 2.45) is 0 Å². The third-order valence-electron chi connectivity index (χ3n) is 1.47. The summed E-state index contributed by atoms with van der Waals surface area (Å²) in [5.41, 5.74) is 6.00. The van der Waals surface area contributed by atoms with E-state index in [0.29, 0.717) is 11.4 Å². The summed E-state index contributed by atoms with van der Waals surface area (Å²) in [6.45, 7) is -0.0950. The van der Waals surface area contributed by atoms with Crippen LogP contribution in [0.15, 0.2) is 24.3 Å². The number of ether oxygens (including phenoxy) is 1. The molecule has 14 heavy (non-hydrogen) atoms. The van der Waals surface area contributed by atoms with E-state index in [1.807, 2.05) is 0 Å². The van der Waals surface area contributed by atoms with Crippen LogP contribution in [0.25, 0.3) is 0 Å². The summed E-state index contributed by atoms with van der Waals surface area (Å²) in [5, 5.41) is 0. The van der Waals surface area contributed by atoms with Gasteiger partial charge in [-0.2, -0.15) is 8.42 Å². The predicted molar refractivity (Wildman–Crippen MR) is 52.8 cm³/mol. The minimum atomic E-state index is -3.96. The van der Waals surface area contributed by atoms with Gasteiger partial charge < -0.3 is 10.5 Å². The molecule has 0 amide bonds. The van der Waals surface area contributed by atoms with Crippen LogP contribution in [0, 0.1) is 0 Å². The lowest BCUT2D eigenvalue weighted by atomic mass is 10.3. The number of rotatable bonds is 4. The summed E-state index contributed by atoms with van der Waals surface area (Å²) >= 11 is 0. The summed E-state index contributed by atoms with van der Waals surface area (Å²) in [4.78, 5) is 0. The van der Waals surface area contributed by atoms with Crippen molar-refractivity contribution in [3.8, 4) is 5.75 Å². The van der Waals surface area contributed by atoms with Gasteiger partial charge >= 0.3 is 0 Å². The predicted octanol–water partition coefficient (Wildman–Crippen LogP) is 0.535. The van der Waals surface area contributed by atoms with Gasteiger partial charge in [0, 0.05) is 11.8 Å². The minimum Gasteiger partial charge on any atom is -0.492 e. The Labute approximate surface area is 82.2 Å². The molecule has 1 aromatic carbocycles. The molecule has 0 atom stereocenters. The van der Waals surface area contributed by atoms with Crippen molar-refractivity contribution in [1.82, 2.24) is 0 Å². The number of nitrogens with two attached hydrogens (primary N) is 1. The van der Waals surface area contributed by atoms with Crippen molar-refractivity contribution in [3.63, 3.8) is 0 Å². The maximum absolute atomic E-state index is 10.3. The second-order valence-corrected chi connectivity index (χ2v) is 4.28. The standard InChI is InChI=1S/C8H11NO4S/c9-7-2-1-3-8(6-7)13-4-5-14(10,11)12/h1-3,6H,4-5,9H2,(H,10,11,12). The Kier molecular flexibility index (Phi) is 3.32. The van der Waals surface area contributed by atoms with E-state index in [9.17, 15) is 8.42 Å². The van der Waals surface area contributed by atoms with Gasteiger partial charge in [0.05, 0.1) is 0 Å². The Morgan fingerprint density at radius 3 is 2.71 bits per heavy atom. The first kappa shape index (κ1) is 10.8. The normalized spacial score (nSPS) is 11.2. The zero-order valence-corrected chi connectivity index (χ0v) is 8.20. The monoisotopic (exact) mass is 217 g/mol. The second kappa shape index (κ2) is 4.30. The van der Waals surface area contributed by atoms with Gasteiger partial charge in [-0.05, 0) is 12.1 Å². The fraction of sp³-hybridized carbons (Fsp3) is 0.250. The third-order valence-corrected chi connectivity index (χ3v) is 2.15. The largest absolute Gasteiger partial charge is 0.492 e. The van der Waals surface area contributed by atoms with Crippen LogP contribution in [0.3, 0.4) is 0 Å². The molecule has 0 aliphatic rings. The van der Waals surface area contributed by atoms with Crippen LogP contribution < -0.4 is 10.5 Å². The molecule has 0 saturated carbocycles. The Bertz CT molecular complexity index is 402. The van der Waals surface area contributed by atoms with Crippen molar-refractivity contribution < 1.29 is 17.7 Å². The summed E-state index contributed by atoms with van der Waals surface area (Å²) in [6.07, 6.45) is 0. The summed E-state index contributed by atoms with van der Waals surface area (Å²) in [5.74, 6) is 0.0515. The molecule has 0 radical (unpaired) electrons. The van der Waals surface area contributed by atoms with E-state index in [4.69, 9.17) is 15.0 Å². The van der Waals surface area contributed by atoms with Crippen LogP contribution >= 0.6 is 0 Å². The summed E-state index contributed by atoms with van der Waals surface area (Å²) in [6, 6.07) is 6.61. The van der Waals surface area contributed by atoms with Crippen molar-refractivity contribution >= 4 is 15.8 Å². The van der Waals surface area contributed by atoms with Gasteiger partial charge in [0.2, 0.25) is 0 Å². The molecule has 5 nitrogen and oxygen atoms in total. The fourth-order valence-corrected chi connectivity index (χ4v) is 1.16. The summed E-state index contributed by atoms with van der Waals surface area (Å²) < 4.78 is 34.1. The molecular formula is C8H11NO4S. The van der Waals surface area contributed by atoms with Gasteiger partial charge in [-0.3, -0.25) is 4.55 Å². The molecule has 1 rings (SSSR count). The Balaban J connectivity index is 2.47. The van der Waals surface area contributed by atoms with Gasteiger partial charge in [0.1, 0.15) is 18.1 Å². The second-order valence-electron chi connectivity index (χ2n) is 2.71. The first-order chi connectivity index (χ1) is 6.47. The molecular weight excluding hydrogens is 206 g/mol. The van der Waals surface area contributed by atoms with E-state index < -0.39 is 15.9 Å². The molecule has 0 unspecified atom stereocenters. The van der Waals surface area contributed by atoms with E-state index in [2.05, 4.69) is 0 Å². The zero-order chi connectivity index (χ0) is 10.6. The van der Waals surface area contributed by atoms with Crippen molar-refractivity contribution in [2.45, 2.75) is 0 Å². The van der Waals surface area contributed by atoms with Gasteiger partial charge in [-0.1, -0.05) is 6.07 Å². The van der Waals surface area contributed by atoms with Crippen molar-refractivity contribution in [1.29, 1.82) is 0 Å². The van der Waals surface area contributed by atoms with E-state index in [0.717, 1.165) is 0 Å². The molecule has 0 bridgehead atoms. The minimum absolute atomic E-state index is 0.0950. The first-order valence-electron chi connectivity index (χ1n) is 3.91. The Morgan fingerprint density at radius 2 is 2.14 bits per heavy atom.